The second-order valence-electron chi connectivity index (χ2n) is 6.62. The first-order valence-electron chi connectivity index (χ1n) is 8.37. The number of rotatable bonds is 3. The van der Waals surface area contributed by atoms with Crippen molar-refractivity contribution < 1.29 is 9.21 Å². The van der Waals surface area contributed by atoms with Crippen LogP contribution in [-0.2, 0) is 6.54 Å². The van der Waals surface area contributed by atoms with E-state index in [0.717, 1.165) is 51.9 Å². The highest BCUT2D eigenvalue weighted by molar-refractivity contribution is 7.09. The third kappa shape index (κ3) is 2.83. The fourth-order valence-corrected chi connectivity index (χ4v) is 4.80. The minimum atomic E-state index is 0.0514. The van der Waals surface area contributed by atoms with Crippen LogP contribution in [0, 0.1) is 0 Å². The first-order valence-corrected chi connectivity index (χ1v) is 9.25. The Morgan fingerprint density at radius 2 is 2.04 bits per heavy atom. The van der Waals surface area contributed by atoms with Gasteiger partial charge in [0.25, 0.3) is 5.91 Å². The monoisotopic (exact) mass is 330 g/mol. The van der Waals surface area contributed by atoms with Crippen LogP contribution in [0.15, 0.2) is 40.3 Å². The molecule has 1 spiro atoms. The maximum atomic E-state index is 12.7. The molecule has 2 aliphatic heterocycles. The van der Waals surface area contributed by atoms with Gasteiger partial charge in [0.1, 0.15) is 0 Å². The van der Waals surface area contributed by atoms with E-state index in [9.17, 15) is 4.79 Å². The first-order chi connectivity index (χ1) is 11.3. The number of carbonyl (C=O) groups is 1. The zero-order valence-electron chi connectivity index (χ0n) is 13.2. The van der Waals surface area contributed by atoms with Crippen LogP contribution in [0.3, 0.4) is 0 Å². The van der Waals surface area contributed by atoms with Crippen LogP contribution in [0.5, 0.6) is 0 Å². The lowest BCUT2D eigenvalue weighted by Crippen LogP contribution is -2.53. The summed E-state index contributed by atoms with van der Waals surface area (Å²) in [6.07, 6.45) is 5.97. The van der Waals surface area contributed by atoms with Crippen molar-refractivity contribution in [1.82, 2.24) is 9.80 Å². The lowest BCUT2D eigenvalue weighted by Gasteiger charge is -2.44. The van der Waals surface area contributed by atoms with Crippen LogP contribution in [-0.4, -0.2) is 40.9 Å². The van der Waals surface area contributed by atoms with Gasteiger partial charge in [0.05, 0.1) is 6.26 Å². The van der Waals surface area contributed by atoms with E-state index < -0.39 is 0 Å². The summed E-state index contributed by atoms with van der Waals surface area (Å²) in [5, 5.41) is 2.14. The molecule has 2 saturated heterocycles. The Kier molecular flexibility index (Phi) is 3.99. The van der Waals surface area contributed by atoms with Crippen LogP contribution in [0.25, 0.3) is 0 Å². The highest BCUT2D eigenvalue weighted by Crippen LogP contribution is 2.39. The zero-order valence-corrected chi connectivity index (χ0v) is 14.1. The maximum Gasteiger partial charge on any atom is 0.290 e. The Balaban J connectivity index is 1.43. The standard InChI is InChI=1S/C18H22N2O2S/c21-17(16-5-1-12-22-16)20-9-3-6-18(20)7-10-19(11-8-18)14-15-4-2-13-23-15/h1-2,4-5,12-13H,3,6-11,14H2. The molecule has 2 aromatic rings. The summed E-state index contributed by atoms with van der Waals surface area (Å²) in [4.78, 5) is 18.8. The third-order valence-corrected chi connectivity index (χ3v) is 6.18. The average Bonchev–Trinajstić information content (AvgIpc) is 3.30. The van der Waals surface area contributed by atoms with Crippen LogP contribution in [0.1, 0.15) is 41.1 Å². The van der Waals surface area contributed by atoms with Gasteiger partial charge in [-0.3, -0.25) is 9.69 Å². The molecule has 4 nitrogen and oxygen atoms in total. The normalized spacial score (nSPS) is 21.1. The Labute approximate surface area is 140 Å². The second-order valence-corrected chi connectivity index (χ2v) is 7.65. The quantitative estimate of drug-likeness (QED) is 0.862. The molecule has 1 amide bonds. The van der Waals surface area contributed by atoms with Gasteiger partial charge in [0, 0.05) is 36.6 Å². The summed E-state index contributed by atoms with van der Waals surface area (Å²) in [6.45, 7) is 4.05. The zero-order chi connectivity index (χ0) is 15.7. The summed E-state index contributed by atoms with van der Waals surface area (Å²) in [6, 6.07) is 7.89. The molecule has 5 heteroatoms. The Hall–Kier alpha value is -1.59. The summed E-state index contributed by atoms with van der Waals surface area (Å²) in [7, 11) is 0. The molecule has 0 aromatic carbocycles. The first kappa shape index (κ1) is 15.0. The molecule has 0 saturated carbocycles. The Morgan fingerprint density at radius 1 is 1.17 bits per heavy atom. The fraction of sp³-hybridized carbons (Fsp3) is 0.500. The van der Waals surface area contributed by atoms with Crippen LogP contribution >= 0.6 is 11.3 Å². The van der Waals surface area contributed by atoms with Gasteiger partial charge >= 0.3 is 0 Å². The number of hydrogen-bond donors (Lipinski definition) is 0. The molecule has 23 heavy (non-hydrogen) atoms. The SMILES string of the molecule is O=C(c1ccco1)N1CCCC12CCN(Cc1cccs1)CC2. The summed E-state index contributed by atoms with van der Waals surface area (Å²) < 4.78 is 5.33. The number of nitrogens with zero attached hydrogens (tertiary/aromatic N) is 2. The van der Waals surface area contributed by atoms with E-state index in [-0.39, 0.29) is 11.4 Å². The molecule has 2 fully saturated rings. The summed E-state index contributed by atoms with van der Waals surface area (Å²) in [5.74, 6) is 0.548. The Morgan fingerprint density at radius 3 is 2.74 bits per heavy atom. The van der Waals surface area contributed by atoms with Crippen molar-refractivity contribution in [2.45, 2.75) is 37.8 Å². The van der Waals surface area contributed by atoms with E-state index in [1.807, 2.05) is 11.3 Å². The minimum Gasteiger partial charge on any atom is -0.459 e. The Bertz CT molecular complexity index is 643. The van der Waals surface area contributed by atoms with E-state index in [1.54, 1.807) is 18.4 Å². The maximum absolute atomic E-state index is 12.7. The topological polar surface area (TPSA) is 36.7 Å². The molecule has 2 aliphatic rings. The van der Waals surface area contributed by atoms with Crippen molar-refractivity contribution in [3.8, 4) is 0 Å². The lowest BCUT2D eigenvalue weighted by molar-refractivity contribution is 0.0334. The number of thiophene rings is 1. The predicted octanol–water partition coefficient (Wildman–Crippen LogP) is 3.61. The van der Waals surface area contributed by atoms with E-state index >= 15 is 0 Å². The molecule has 0 aliphatic carbocycles. The fourth-order valence-electron chi connectivity index (χ4n) is 4.06. The lowest BCUT2D eigenvalue weighted by atomic mass is 9.84. The highest BCUT2D eigenvalue weighted by Gasteiger charge is 2.46. The van der Waals surface area contributed by atoms with Crippen molar-refractivity contribution >= 4 is 17.2 Å². The molecule has 0 radical (unpaired) electrons. The molecule has 4 heterocycles. The number of carbonyl (C=O) groups excluding carboxylic acids is 1. The van der Waals surface area contributed by atoms with Crippen molar-refractivity contribution in [2.24, 2.45) is 0 Å². The molecule has 2 aromatic heterocycles. The van der Waals surface area contributed by atoms with Gasteiger partial charge in [-0.25, -0.2) is 0 Å². The number of piperidine rings is 1. The number of likely N-dealkylation sites (tertiary alicyclic amines) is 2. The van der Waals surface area contributed by atoms with E-state index in [0.29, 0.717) is 5.76 Å². The minimum absolute atomic E-state index is 0.0514. The molecule has 4 rings (SSSR count). The smallest absolute Gasteiger partial charge is 0.290 e. The van der Waals surface area contributed by atoms with E-state index in [4.69, 9.17) is 4.42 Å². The van der Waals surface area contributed by atoms with Crippen LogP contribution < -0.4 is 0 Å². The number of hydrogen-bond acceptors (Lipinski definition) is 4. The predicted molar refractivity (Wildman–Crippen MR) is 90.5 cm³/mol. The number of amides is 1. The largest absolute Gasteiger partial charge is 0.459 e. The van der Waals surface area contributed by atoms with Gasteiger partial charge in [-0.1, -0.05) is 6.07 Å². The summed E-state index contributed by atoms with van der Waals surface area (Å²) in [5.41, 5.74) is 0.0514. The molecular weight excluding hydrogens is 308 g/mol. The number of furan rings is 1. The van der Waals surface area contributed by atoms with E-state index in [2.05, 4.69) is 27.3 Å². The van der Waals surface area contributed by atoms with Crippen molar-refractivity contribution in [1.29, 1.82) is 0 Å². The van der Waals surface area contributed by atoms with Gasteiger partial charge in [0.2, 0.25) is 0 Å². The van der Waals surface area contributed by atoms with Crippen molar-refractivity contribution in [2.75, 3.05) is 19.6 Å². The molecule has 0 atom stereocenters. The van der Waals surface area contributed by atoms with E-state index in [1.165, 1.54) is 4.88 Å². The van der Waals surface area contributed by atoms with Crippen molar-refractivity contribution in [3.05, 3.63) is 46.5 Å². The average molecular weight is 330 g/mol. The molecule has 122 valence electrons. The molecular formula is C18H22N2O2S. The van der Waals surface area contributed by atoms with Gasteiger partial charge in [-0.15, -0.1) is 11.3 Å². The van der Waals surface area contributed by atoms with Gasteiger partial charge in [0.15, 0.2) is 5.76 Å². The third-order valence-electron chi connectivity index (χ3n) is 5.32. The van der Waals surface area contributed by atoms with Crippen LogP contribution in [0.4, 0.5) is 0 Å². The molecule has 0 N–H and O–H groups in total. The van der Waals surface area contributed by atoms with Crippen LogP contribution in [0.2, 0.25) is 0 Å². The van der Waals surface area contributed by atoms with Crippen molar-refractivity contribution in [3.63, 3.8) is 0 Å². The molecule has 0 unspecified atom stereocenters. The molecule has 0 bridgehead atoms. The summed E-state index contributed by atoms with van der Waals surface area (Å²) >= 11 is 1.83. The van der Waals surface area contributed by atoms with Gasteiger partial charge in [-0.05, 0) is 49.3 Å². The second kappa shape index (κ2) is 6.13. The highest BCUT2D eigenvalue weighted by atomic mass is 32.1. The van der Waals surface area contributed by atoms with Gasteiger partial charge in [-0.2, -0.15) is 0 Å². The van der Waals surface area contributed by atoms with Gasteiger partial charge < -0.3 is 9.32 Å².